The Hall–Kier alpha value is -0.370. The first-order valence-corrected chi connectivity index (χ1v) is 4.10. The van der Waals surface area contributed by atoms with Crippen LogP contribution in [-0.4, -0.2) is 18.5 Å². The molecule has 0 bridgehead atoms. The Labute approximate surface area is 68.9 Å². The van der Waals surface area contributed by atoms with Gasteiger partial charge in [0.25, 0.3) is 0 Å². The molecule has 0 aromatic carbocycles. The van der Waals surface area contributed by atoms with Crippen LogP contribution in [0.5, 0.6) is 0 Å². The first-order valence-electron chi connectivity index (χ1n) is 4.10. The van der Waals surface area contributed by atoms with Crippen molar-refractivity contribution in [3.8, 4) is 0 Å². The van der Waals surface area contributed by atoms with Crippen molar-refractivity contribution in [1.29, 1.82) is 0 Å². The lowest BCUT2D eigenvalue weighted by Gasteiger charge is -2.13. The molecule has 0 saturated carbocycles. The highest BCUT2D eigenvalue weighted by molar-refractivity contribution is 5.55. The van der Waals surface area contributed by atoms with Crippen LogP contribution in [0.3, 0.4) is 0 Å². The lowest BCUT2D eigenvalue weighted by atomic mass is 10.2. The molecule has 0 aliphatic heterocycles. The van der Waals surface area contributed by atoms with Gasteiger partial charge in [-0.05, 0) is 20.3 Å². The molecule has 0 aromatic heterocycles. The highest BCUT2D eigenvalue weighted by atomic mass is 16.5. The van der Waals surface area contributed by atoms with E-state index in [1.807, 2.05) is 13.8 Å². The number of ether oxygens (including phenoxy) is 1. The molecule has 65 valence electrons. The van der Waals surface area contributed by atoms with Crippen molar-refractivity contribution < 1.29 is 9.53 Å². The highest BCUT2D eigenvalue weighted by Crippen LogP contribution is 2.04. The van der Waals surface area contributed by atoms with E-state index >= 15 is 0 Å². The van der Waals surface area contributed by atoms with E-state index in [1.54, 1.807) is 0 Å². The molecular weight excluding hydrogens is 140 g/mol. The average molecular weight is 157 g/mol. The Kier molecular flexibility index (Phi) is 6.13. The average Bonchev–Trinajstić information content (AvgIpc) is 1.97. The van der Waals surface area contributed by atoms with Gasteiger partial charge in [-0.2, -0.15) is 0 Å². The van der Waals surface area contributed by atoms with Crippen LogP contribution < -0.4 is 0 Å². The number of carbonyl (C=O) groups excluding carboxylic acids is 1. The minimum absolute atomic E-state index is 0.134. The monoisotopic (exact) mass is 157 g/mol. The zero-order valence-electron chi connectivity index (χ0n) is 7.38. The SMILES string of the molecule is [CH2]CCCC(C=O)OC(C)C. The van der Waals surface area contributed by atoms with Crippen molar-refractivity contribution >= 4 is 6.29 Å². The van der Waals surface area contributed by atoms with Gasteiger partial charge >= 0.3 is 0 Å². The molecule has 11 heavy (non-hydrogen) atoms. The summed E-state index contributed by atoms with van der Waals surface area (Å²) in [5.41, 5.74) is 0. The second-order valence-electron chi connectivity index (χ2n) is 2.86. The van der Waals surface area contributed by atoms with Crippen LogP contribution in [0.25, 0.3) is 0 Å². The van der Waals surface area contributed by atoms with Gasteiger partial charge in [0, 0.05) is 0 Å². The number of hydrogen-bond donors (Lipinski definition) is 0. The molecule has 1 atom stereocenters. The Bertz CT molecular complexity index is 99.7. The molecule has 0 fully saturated rings. The van der Waals surface area contributed by atoms with E-state index in [0.29, 0.717) is 0 Å². The summed E-state index contributed by atoms with van der Waals surface area (Å²) in [4.78, 5) is 10.4. The van der Waals surface area contributed by atoms with Crippen LogP contribution in [0.4, 0.5) is 0 Å². The topological polar surface area (TPSA) is 26.3 Å². The number of rotatable bonds is 6. The van der Waals surface area contributed by atoms with E-state index in [4.69, 9.17) is 4.74 Å². The Morgan fingerprint density at radius 3 is 2.55 bits per heavy atom. The lowest BCUT2D eigenvalue weighted by Crippen LogP contribution is -2.18. The van der Waals surface area contributed by atoms with Crippen molar-refractivity contribution in [2.75, 3.05) is 0 Å². The van der Waals surface area contributed by atoms with E-state index < -0.39 is 0 Å². The third-order valence-corrected chi connectivity index (χ3v) is 1.34. The maximum atomic E-state index is 10.4. The normalized spacial score (nSPS) is 13.5. The molecule has 1 radical (unpaired) electrons. The quantitative estimate of drug-likeness (QED) is 0.551. The molecule has 2 heteroatoms. The molecule has 2 nitrogen and oxygen atoms in total. The number of aldehydes is 1. The summed E-state index contributed by atoms with van der Waals surface area (Å²) in [6, 6.07) is 0. The molecule has 0 N–H and O–H groups in total. The Morgan fingerprint density at radius 1 is 1.55 bits per heavy atom. The Morgan fingerprint density at radius 2 is 2.18 bits per heavy atom. The Balaban J connectivity index is 3.49. The number of unbranched alkanes of at least 4 members (excludes halogenated alkanes) is 1. The molecule has 0 amide bonds. The van der Waals surface area contributed by atoms with Crippen LogP contribution in [0.2, 0.25) is 0 Å². The molecule has 0 aliphatic rings. The number of hydrogen-bond acceptors (Lipinski definition) is 2. The second-order valence-corrected chi connectivity index (χ2v) is 2.86. The van der Waals surface area contributed by atoms with Crippen LogP contribution in [0.1, 0.15) is 33.1 Å². The van der Waals surface area contributed by atoms with E-state index in [1.165, 1.54) is 0 Å². The van der Waals surface area contributed by atoms with Crippen molar-refractivity contribution in [3.05, 3.63) is 6.92 Å². The van der Waals surface area contributed by atoms with Crippen molar-refractivity contribution in [2.24, 2.45) is 0 Å². The van der Waals surface area contributed by atoms with Gasteiger partial charge in [0.15, 0.2) is 0 Å². The molecule has 0 spiro atoms. The fraction of sp³-hybridized carbons (Fsp3) is 0.778. The summed E-state index contributed by atoms with van der Waals surface area (Å²) in [5, 5.41) is 0. The maximum Gasteiger partial charge on any atom is 0.148 e. The molecule has 1 unspecified atom stereocenters. The van der Waals surface area contributed by atoms with Crippen LogP contribution in [0.15, 0.2) is 0 Å². The predicted octanol–water partition coefficient (Wildman–Crippen LogP) is 1.98. The van der Waals surface area contributed by atoms with Gasteiger partial charge < -0.3 is 9.53 Å². The van der Waals surface area contributed by atoms with E-state index in [0.717, 1.165) is 25.5 Å². The fourth-order valence-electron chi connectivity index (χ4n) is 0.863. The smallest absolute Gasteiger partial charge is 0.148 e. The summed E-state index contributed by atoms with van der Waals surface area (Å²) < 4.78 is 5.31. The summed E-state index contributed by atoms with van der Waals surface area (Å²) in [5.74, 6) is 0. The number of carbonyl (C=O) groups is 1. The summed E-state index contributed by atoms with van der Waals surface area (Å²) in [6.45, 7) is 7.56. The van der Waals surface area contributed by atoms with Crippen LogP contribution in [0, 0.1) is 6.92 Å². The highest BCUT2D eigenvalue weighted by Gasteiger charge is 2.07. The van der Waals surface area contributed by atoms with Gasteiger partial charge in [0.1, 0.15) is 12.4 Å². The zero-order chi connectivity index (χ0) is 8.69. The fourth-order valence-corrected chi connectivity index (χ4v) is 0.863. The second kappa shape index (κ2) is 6.35. The predicted molar refractivity (Wildman–Crippen MR) is 45.3 cm³/mol. The molecular formula is C9H17O2. The minimum Gasteiger partial charge on any atom is -0.368 e. The molecule has 0 saturated heterocycles. The van der Waals surface area contributed by atoms with E-state index in [2.05, 4.69) is 6.92 Å². The lowest BCUT2D eigenvalue weighted by molar-refractivity contribution is -0.121. The van der Waals surface area contributed by atoms with Crippen LogP contribution in [-0.2, 0) is 9.53 Å². The maximum absolute atomic E-state index is 10.4. The third-order valence-electron chi connectivity index (χ3n) is 1.34. The van der Waals surface area contributed by atoms with E-state index in [-0.39, 0.29) is 12.2 Å². The minimum atomic E-state index is -0.225. The molecule has 0 rings (SSSR count). The molecule has 0 aliphatic carbocycles. The standard InChI is InChI=1S/C9H17O2/c1-4-5-6-9(7-10)11-8(2)3/h7-9H,1,4-6H2,2-3H3. The van der Waals surface area contributed by atoms with Gasteiger partial charge in [0.05, 0.1) is 6.10 Å². The summed E-state index contributed by atoms with van der Waals surface area (Å²) in [7, 11) is 0. The van der Waals surface area contributed by atoms with Gasteiger partial charge in [-0.1, -0.05) is 19.8 Å². The van der Waals surface area contributed by atoms with Gasteiger partial charge in [-0.25, -0.2) is 0 Å². The first kappa shape index (κ1) is 10.6. The van der Waals surface area contributed by atoms with Gasteiger partial charge in [-0.15, -0.1) is 0 Å². The first-order chi connectivity index (χ1) is 5.20. The molecule has 0 aromatic rings. The van der Waals surface area contributed by atoms with Crippen molar-refractivity contribution in [1.82, 2.24) is 0 Å². The summed E-state index contributed by atoms with van der Waals surface area (Å²) >= 11 is 0. The molecule has 0 heterocycles. The van der Waals surface area contributed by atoms with Crippen LogP contribution >= 0.6 is 0 Å². The zero-order valence-corrected chi connectivity index (χ0v) is 7.38. The van der Waals surface area contributed by atoms with Crippen molar-refractivity contribution in [2.45, 2.75) is 45.3 Å². The van der Waals surface area contributed by atoms with Gasteiger partial charge in [0.2, 0.25) is 0 Å². The summed E-state index contributed by atoms with van der Waals surface area (Å²) in [6.07, 6.45) is 3.40. The van der Waals surface area contributed by atoms with E-state index in [9.17, 15) is 4.79 Å². The van der Waals surface area contributed by atoms with Crippen molar-refractivity contribution in [3.63, 3.8) is 0 Å². The third kappa shape index (κ3) is 6.05. The van der Waals surface area contributed by atoms with Gasteiger partial charge in [-0.3, -0.25) is 0 Å². The largest absolute Gasteiger partial charge is 0.368 e.